The van der Waals surface area contributed by atoms with E-state index in [1.54, 1.807) is 0 Å². The summed E-state index contributed by atoms with van der Waals surface area (Å²) in [5, 5.41) is 7.13. The molecule has 2 rings (SSSR count). The molecule has 0 aromatic rings. The summed E-state index contributed by atoms with van der Waals surface area (Å²) in [5.74, 6) is 2.64. The molecule has 0 saturated carbocycles. The summed E-state index contributed by atoms with van der Waals surface area (Å²) in [7, 11) is 1.88. The molecule has 0 spiro atoms. The first kappa shape index (κ1) is 19.5. The zero-order valence-corrected chi connectivity index (χ0v) is 16.4. The van der Waals surface area contributed by atoms with E-state index >= 15 is 0 Å². The van der Waals surface area contributed by atoms with Gasteiger partial charge in [0.05, 0.1) is 0 Å². The highest BCUT2D eigenvalue weighted by atomic mass is 15.2. The molecule has 2 atom stereocenters. The van der Waals surface area contributed by atoms with Crippen molar-refractivity contribution in [2.75, 3.05) is 52.9 Å². The summed E-state index contributed by atoms with van der Waals surface area (Å²) in [6, 6.07) is 0.569. The average molecular weight is 338 g/mol. The van der Waals surface area contributed by atoms with Crippen LogP contribution < -0.4 is 10.6 Å². The number of hydrogen-bond donors (Lipinski definition) is 2. The van der Waals surface area contributed by atoms with Crippen LogP contribution in [0.15, 0.2) is 4.99 Å². The Labute approximate surface area is 149 Å². The van der Waals surface area contributed by atoms with Gasteiger partial charge in [-0.25, -0.2) is 0 Å². The standard InChI is InChI=1S/C19H39N5/c1-5-9-23-10-6-18(7-11-23)22-19(20-4)21-8-12-24-14-16(2)13-17(3)15-24/h16-18H,5-15H2,1-4H3,(H2,20,21,22). The van der Waals surface area contributed by atoms with Gasteiger partial charge in [0.15, 0.2) is 5.96 Å². The fourth-order valence-electron chi connectivity index (χ4n) is 4.31. The molecule has 140 valence electrons. The normalized spacial score (nSPS) is 28.1. The Kier molecular flexibility index (Phi) is 8.33. The molecule has 2 unspecified atom stereocenters. The summed E-state index contributed by atoms with van der Waals surface area (Å²) in [4.78, 5) is 9.59. The second-order valence-corrected chi connectivity index (χ2v) is 7.96. The van der Waals surface area contributed by atoms with Gasteiger partial charge in [-0.05, 0) is 44.1 Å². The Morgan fingerprint density at radius 3 is 2.29 bits per heavy atom. The van der Waals surface area contributed by atoms with Gasteiger partial charge in [0, 0.05) is 52.4 Å². The molecule has 0 aromatic heterocycles. The zero-order chi connectivity index (χ0) is 17.4. The van der Waals surface area contributed by atoms with Crippen molar-refractivity contribution >= 4 is 5.96 Å². The van der Waals surface area contributed by atoms with E-state index in [0.29, 0.717) is 6.04 Å². The van der Waals surface area contributed by atoms with Crippen molar-refractivity contribution in [1.29, 1.82) is 0 Å². The van der Waals surface area contributed by atoms with Crippen molar-refractivity contribution in [3.8, 4) is 0 Å². The molecular weight excluding hydrogens is 298 g/mol. The van der Waals surface area contributed by atoms with Crippen molar-refractivity contribution in [2.24, 2.45) is 16.8 Å². The van der Waals surface area contributed by atoms with Crippen LogP contribution in [0.1, 0.15) is 46.5 Å². The lowest BCUT2D eigenvalue weighted by Gasteiger charge is -2.35. The third-order valence-corrected chi connectivity index (χ3v) is 5.36. The van der Waals surface area contributed by atoms with Gasteiger partial charge in [-0.2, -0.15) is 0 Å². The number of likely N-dealkylation sites (tertiary alicyclic amines) is 2. The minimum Gasteiger partial charge on any atom is -0.355 e. The quantitative estimate of drug-likeness (QED) is 0.575. The maximum Gasteiger partial charge on any atom is 0.191 e. The minimum absolute atomic E-state index is 0.569. The highest BCUT2D eigenvalue weighted by Crippen LogP contribution is 2.20. The number of nitrogens with one attached hydrogen (secondary N) is 2. The van der Waals surface area contributed by atoms with Gasteiger partial charge in [-0.15, -0.1) is 0 Å². The van der Waals surface area contributed by atoms with Crippen LogP contribution in [0, 0.1) is 11.8 Å². The van der Waals surface area contributed by atoms with Crippen LogP contribution in [0.3, 0.4) is 0 Å². The first-order chi connectivity index (χ1) is 11.6. The predicted molar refractivity (Wildman–Crippen MR) is 104 cm³/mol. The fraction of sp³-hybridized carbons (Fsp3) is 0.947. The van der Waals surface area contributed by atoms with E-state index in [1.807, 2.05) is 7.05 Å². The smallest absolute Gasteiger partial charge is 0.191 e. The molecular formula is C19H39N5. The first-order valence-electron chi connectivity index (χ1n) is 10.0. The van der Waals surface area contributed by atoms with E-state index in [1.165, 1.54) is 58.4 Å². The molecule has 2 heterocycles. The molecule has 5 heteroatoms. The van der Waals surface area contributed by atoms with Crippen molar-refractivity contribution in [1.82, 2.24) is 20.4 Å². The SMILES string of the molecule is CCCN1CCC(NC(=NC)NCCN2CC(C)CC(C)C2)CC1. The summed E-state index contributed by atoms with van der Waals surface area (Å²) < 4.78 is 0. The summed E-state index contributed by atoms with van der Waals surface area (Å²) >= 11 is 0. The van der Waals surface area contributed by atoms with Crippen molar-refractivity contribution in [3.63, 3.8) is 0 Å². The number of piperidine rings is 2. The van der Waals surface area contributed by atoms with Crippen molar-refractivity contribution in [2.45, 2.75) is 52.5 Å². The molecule has 2 saturated heterocycles. The Bertz CT molecular complexity index is 366. The summed E-state index contributed by atoms with van der Waals surface area (Å²) in [6.45, 7) is 15.3. The Morgan fingerprint density at radius 2 is 1.71 bits per heavy atom. The van der Waals surface area contributed by atoms with Crippen LogP contribution in [-0.4, -0.2) is 74.7 Å². The fourth-order valence-corrected chi connectivity index (χ4v) is 4.31. The Balaban J connectivity index is 1.64. The summed E-state index contributed by atoms with van der Waals surface area (Å²) in [6.07, 6.45) is 5.09. The topological polar surface area (TPSA) is 42.9 Å². The molecule has 2 fully saturated rings. The monoisotopic (exact) mass is 337 g/mol. The molecule has 0 aliphatic carbocycles. The van der Waals surface area contributed by atoms with E-state index < -0.39 is 0 Å². The van der Waals surface area contributed by atoms with Crippen LogP contribution in [0.4, 0.5) is 0 Å². The number of nitrogens with zero attached hydrogens (tertiary/aromatic N) is 3. The largest absolute Gasteiger partial charge is 0.355 e. The van der Waals surface area contributed by atoms with E-state index in [2.05, 4.69) is 46.2 Å². The molecule has 0 bridgehead atoms. The predicted octanol–water partition coefficient (Wildman–Crippen LogP) is 2.00. The van der Waals surface area contributed by atoms with Gasteiger partial charge in [0.1, 0.15) is 0 Å². The summed E-state index contributed by atoms with van der Waals surface area (Å²) in [5.41, 5.74) is 0. The molecule has 5 nitrogen and oxygen atoms in total. The van der Waals surface area contributed by atoms with E-state index in [9.17, 15) is 0 Å². The van der Waals surface area contributed by atoms with Gasteiger partial charge in [0.25, 0.3) is 0 Å². The maximum atomic E-state index is 4.41. The molecule has 2 N–H and O–H groups in total. The van der Waals surface area contributed by atoms with Gasteiger partial charge in [-0.1, -0.05) is 20.8 Å². The highest BCUT2D eigenvalue weighted by molar-refractivity contribution is 5.79. The maximum absolute atomic E-state index is 4.41. The van der Waals surface area contributed by atoms with E-state index in [4.69, 9.17) is 0 Å². The van der Waals surface area contributed by atoms with Gasteiger partial charge >= 0.3 is 0 Å². The molecule has 0 radical (unpaired) electrons. The Morgan fingerprint density at radius 1 is 1.04 bits per heavy atom. The zero-order valence-electron chi connectivity index (χ0n) is 16.4. The lowest BCUT2D eigenvalue weighted by molar-refractivity contribution is 0.143. The van der Waals surface area contributed by atoms with E-state index in [-0.39, 0.29) is 0 Å². The number of guanidine groups is 1. The lowest BCUT2D eigenvalue weighted by atomic mass is 9.92. The van der Waals surface area contributed by atoms with Crippen LogP contribution in [0.5, 0.6) is 0 Å². The highest BCUT2D eigenvalue weighted by Gasteiger charge is 2.22. The van der Waals surface area contributed by atoms with Crippen LogP contribution >= 0.6 is 0 Å². The molecule has 0 aromatic carbocycles. The number of hydrogen-bond acceptors (Lipinski definition) is 3. The molecule has 24 heavy (non-hydrogen) atoms. The molecule has 2 aliphatic rings. The third-order valence-electron chi connectivity index (χ3n) is 5.36. The number of rotatable bonds is 6. The lowest BCUT2D eigenvalue weighted by Crippen LogP contribution is -2.50. The van der Waals surface area contributed by atoms with Gasteiger partial charge < -0.3 is 20.4 Å². The van der Waals surface area contributed by atoms with Gasteiger partial charge in [-0.3, -0.25) is 4.99 Å². The van der Waals surface area contributed by atoms with Crippen LogP contribution in [-0.2, 0) is 0 Å². The van der Waals surface area contributed by atoms with Gasteiger partial charge in [0.2, 0.25) is 0 Å². The second-order valence-electron chi connectivity index (χ2n) is 7.96. The molecule has 0 amide bonds. The van der Waals surface area contributed by atoms with Crippen LogP contribution in [0.25, 0.3) is 0 Å². The van der Waals surface area contributed by atoms with Crippen molar-refractivity contribution in [3.05, 3.63) is 0 Å². The van der Waals surface area contributed by atoms with Crippen LogP contribution in [0.2, 0.25) is 0 Å². The Hall–Kier alpha value is -0.810. The number of aliphatic imine (C=N–C) groups is 1. The first-order valence-corrected chi connectivity index (χ1v) is 10.0. The van der Waals surface area contributed by atoms with Crippen molar-refractivity contribution < 1.29 is 0 Å². The minimum atomic E-state index is 0.569. The molecule has 2 aliphatic heterocycles. The van der Waals surface area contributed by atoms with E-state index in [0.717, 1.165) is 30.9 Å². The average Bonchev–Trinajstić information content (AvgIpc) is 2.55. The second kappa shape index (κ2) is 10.2. The third kappa shape index (κ3) is 6.60.